The summed E-state index contributed by atoms with van der Waals surface area (Å²) >= 11 is 5.82. The smallest absolute Gasteiger partial charge is 0.211 e. The van der Waals surface area contributed by atoms with Crippen molar-refractivity contribution in [1.29, 1.82) is 0 Å². The van der Waals surface area contributed by atoms with E-state index in [1.165, 1.54) is 0 Å². The molecule has 0 fully saturated rings. The number of benzene rings is 2. The highest BCUT2D eigenvalue weighted by atomic mass is 35.5. The van der Waals surface area contributed by atoms with Crippen molar-refractivity contribution in [1.82, 2.24) is 4.72 Å². The van der Waals surface area contributed by atoms with Crippen LogP contribution in [0.3, 0.4) is 0 Å². The predicted octanol–water partition coefficient (Wildman–Crippen LogP) is 3.48. The summed E-state index contributed by atoms with van der Waals surface area (Å²) in [4.78, 5) is 0.346. The van der Waals surface area contributed by atoms with Crippen molar-refractivity contribution in [2.75, 3.05) is 6.54 Å². The zero-order valence-electron chi connectivity index (χ0n) is 12.1. The molecular formula is C16H18ClNO2S. The maximum absolute atomic E-state index is 12.3. The summed E-state index contributed by atoms with van der Waals surface area (Å²) < 4.78 is 27.3. The second kappa shape index (κ2) is 6.60. The topological polar surface area (TPSA) is 46.2 Å². The average molecular weight is 324 g/mol. The van der Waals surface area contributed by atoms with Crippen LogP contribution in [-0.4, -0.2) is 15.0 Å². The van der Waals surface area contributed by atoms with Gasteiger partial charge in [0.15, 0.2) is 0 Å². The number of aryl methyl sites for hydroxylation is 2. The molecule has 0 aliphatic carbocycles. The minimum Gasteiger partial charge on any atom is -0.211 e. The molecule has 5 heteroatoms. The van der Waals surface area contributed by atoms with Crippen LogP contribution in [0.1, 0.15) is 16.7 Å². The van der Waals surface area contributed by atoms with Crippen LogP contribution < -0.4 is 4.72 Å². The first-order valence-corrected chi connectivity index (χ1v) is 8.56. The molecular weight excluding hydrogens is 306 g/mol. The van der Waals surface area contributed by atoms with E-state index in [0.717, 1.165) is 16.7 Å². The Bertz CT molecular complexity index is 724. The molecule has 21 heavy (non-hydrogen) atoms. The molecule has 0 aliphatic heterocycles. The van der Waals surface area contributed by atoms with E-state index in [1.807, 2.05) is 31.2 Å². The van der Waals surface area contributed by atoms with Gasteiger partial charge in [0.1, 0.15) is 0 Å². The van der Waals surface area contributed by atoms with Gasteiger partial charge in [-0.15, -0.1) is 0 Å². The second-order valence-electron chi connectivity index (χ2n) is 5.04. The van der Waals surface area contributed by atoms with Gasteiger partial charge in [-0.2, -0.15) is 0 Å². The summed E-state index contributed by atoms with van der Waals surface area (Å²) in [7, 11) is -3.47. The fraction of sp³-hybridized carbons (Fsp3) is 0.250. The SMILES string of the molecule is Cc1ccc(C)c(S(=O)(=O)NCCc2ccc(Cl)cc2)c1. The predicted molar refractivity (Wildman–Crippen MR) is 86.3 cm³/mol. The largest absolute Gasteiger partial charge is 0.240 e. The van der Waals surface area contributed by atoms with Gasteiger partial charge in [-0.3, -0.25) is 0 Å². The number of halogens is 1. The standard InChI is InChI=1S/C16H18ClNO2S/c1-12-3-4-13(2)16(11-12)21(19,20)18-10-9-14-5-7-15(17)8-6-14/h3-8,11,18H,9-10H2,1-2H3. The summed E-state index contributed by atoms with van der Waals surface area (Å²) in [6, 6.07) is 12.8. The van der Waals surface area contributed by atoms with Crippen molar-refractivity contribution in [3.8, 4) is 0 Å². The van der Waals surface area contributed by atoms with Crippen LogP contribution in [0.15, 0.2) is 47.4 Å². The highest BCUT2D eigenvalue weighted by molar-refractivity contribution is 7.89. The van der Waals surface area contributed by atoms with Crippen LogP contribution >= 0.6 is 11.6 Å². The van der Waals surface area contributed by atoms with E-state index in [0.29, 0.717) is 22.9 Å². The minimum atomic E-state index is -3.47. The molecule has 0 atom stereocenters. The Morgan fingerprint density at radius 2 is 1.71 bits per heavy atom. The lowest BCUT2D eigenvalue weighted by Gasteiger charge is -2.10. The quantitative estimate of drug-likeness (QED) is 0.915. The Hall–Kier alpha value is -1.36. The van der Waals surface area contributed by atoms with Gasteiger partial charge in [-0.25, -0.2) is 13.1 Å². The normalized spacial score (nSPS) is 11.6. The van der Waals surface area contributed by atoms with E-state index < -0.39 is 10.0 Å². The molecule has 0 saturated heterocycles. The van der Waals surface area contributed by atoms with Crippen molar-refractivity contribution < 1.29 is 8.42 Å². The molecule has 2 aromatic carbocycles. The van der Waals surface area contributed by atoms with E-state index in [-0.39, 0.29) is 0 Å². The molecule has 2 aromatic rings. The van der Waals surface area contributed by atoms with Gasteiger partial charge in [-0.05, 0) is 55.2 Å². The molecule has 0 radical (unpaired) electrons. The monoisotopic (exact) mass is 323 g/mol. The number of hydrogen-bond donors (Lipinski definition) is 1. The van der Waals surface area contributed by atoms with Gasteiger partial charge in [0.2, 0.25) is 10.0 Å². The third kappa shape index (κ3) is 4.30. The summed E-state index contributed by atoms with van der Waals surface area (Å²) in [5.41, 5.74) is 2.72. The molecule has 0 heterocycles. The fourth-order valence-electron chi connectivity index (χ4n) is 2.06. The zero-order valence-corrected chi connectivity index (χ0v) is 13.6. The van der Waals surface area contributed by atoms with Crippen LogP contribution in [0.2, 0.25) is 5.02 Å². The maximum Gasteiger partial charge on any atom is 0.240 e. The van der Waals surface area contributed by atoms with Crippen LogP contribution in [0.25, 0.3) is 0 Å². The van der Waals surface area contributed by atoms with Gasteiger partial charge < -0.3 is 0 Å². The average Bonchev–Trinajstić information content (AvgIpc) is 2.43. The highest BCUT2D eigenvalue weighted by Crippen LogP contribution is 2.16. The molecule has 112 valence electrons. The van der Waals surface area contributed by atoms with Gasteiger partial charge in [0.05, 0.1) is 4.90 Å². The van der Waals surface area contributed by atoms with Crippen LogP contribution in [0.5, 0.6) is 0 Å². The Morgan fingerprint density at radius 1 is 1.05 bits per heavy atom. The van der Waals surface area contributed by atoms with Gasteiger partial charge >= 0.3 is 0 Å². The van der Waals surface area contributed by atoms with Gasteiger partial charge in [-0.1, -0.05) is 35.9 Å². The Morgan fingerprint density at radius 3 is 2.38 bits per heavy atom. The highest BCUT2D eigenvalue weighted by Gasteiger charge is 2.16. The Balaban J connectivity index is 2.04. The van der Waals surface area contributed by atoms with Crippen LogP contribution in [-0.2, 0) is 16.4 Å². The van der Waals surface area contributed by atoms with Crippen LogP contribution in [0.4, 0.5) is 0 Å². The first kappa shape index (κ1) is 16.0. The van der Waals surface area contributed by atoms with E-state index in [4.69, 9.17) is 11.6 Å². The van der Waals surface area contributed by atoms with E-state index in [9.17, 15) is 8.42 Å². The lowest BCUT2D eigenvalue weighted by Crippen LogP contribution is -2.26. The van der Waals surface area contributed by atoms with E-state index in [2.05, 4.69) is 4.72 Å². The molecule has 0 bridgehead atoms. The second-order valence-corrected chi connectivity index (χ2v) is 7.22. The fourth-order valence-corrected chi connectivity index (χ4v) is 3.54. The molecule has 0 saturated carbocycles. The first-order chi connectivity index (χ1) is 9.88. The number of hydrogen-bond acceptors (Lipinski definition) is 2. The molecule has 1 N–H and O–H groups in total. The minimum absolute atomic E-state index is 0.346. The number of nitrogens with one attached hydrogen (secondary N) is 1. The molecule has 0 spiro atoms. The zero-order chi connectivity index (χ0) is 15.5. The molecule has 0 aromatic heterocycles. The lowest BCUT2D eigenvalue weighted by molar-refractivity contribution is 0.581. The molecule has 0 unspecified atom stereocenters. The first-order valence-electron chi connectivity index (χ1n) is 6.70. The maximum atomic E-state index is 12.3. The lowest BCUT2D eigenvalue weighted by atomic mass is 10.2. The van der Waals surface area contributed by atoms with Crippen LogP contribution in [0, 0.1) is 13.8 Å². The molecule has 0 aliphatic rings. The third-order valence-corrected chi connectivity index (χ3v) is 5.11. The molecule has 2 rings (SSSR count). The van der Waals surface area contributed by atoms with E-state index >= 15 is 0 Å². The third-order valence-electron chi connectivity index (χ3n) is 3.25. The van der Waals surface area contributed by atoms with Crippen molar-refractivity contribution in [3.05, 3.63) is 64.2 Å². The van der Waals surface area contributed by atoms with Gasteiger partial charge in [0.25, 0.3) is 0 Å². The molecule has 3 nitrogen and oxygen atoms in total. The number of sulfonamides is 1. The Kier molecular flexibility index (Phi) is 5.04. The summed E-state index contributed by atoms with van der Waals surface area (Å²) in [6.45, 7) is 4.04. The number of rotatable bonds is 5. The Labute approximate surface area is 131 Å². The van der Waals surface area contributed by atoms with Crippen molar-refractivity contribution >= 4 is 21.6 Å². The van der Waals surface area contributed by atoms with Crippen molar-refractivity contribution in [3.63, 3.8) is 0 Å². The summed E-state index contributed by atoms with van der Waals surface area (Å²) in [5, 5.41) is 0.676. The van der Waals surface area contributed by atoms with Gasteiger partial charge in [0, 0.05) is 11.6 Å². The van der Waals surface area contributed by atoms with Crippen molar-refractivity contribution in [2.45, 2.75) is 25.2 Å². The summed E-state index contributed by atoms with van der Waals surface area (Å²) in [6.07, 6.45) is 0.626. The molecule has 0 amide bonds. The van der Waals surface area contributed by atoms with E-state index in [1.54, 1.807) is 25.1 Å². The van der Waals surface area contributed by atoms with Crippen molar-refractivity contribution in [2.24, 2.45) is 0 Å². The summed E-state index contributed by atoms with van der Waals surface area (Å²) in [5.74, 6) is 0.